The minimum Gasteiger partial charge on any atom is -0.496 e. The first-order valence-electron chi connectivity index (χ1n) is 9.98. The van der Waals surface area contributed by atoms with E-state index in [0.717, 1.165) is 5.56 Å². The first-order valence-corrected chi connectivity index (χ1v) is 9.98. The maximum absolute atomic E-state index is 12.9. The number of methoxy groups -OCH3 is 4. The van der Waals surface area contributed by atoms with Crippen molar-refractivity contribution in [3.05, 3.63) is 71.3 Å². The number of benzene rings is 3. The lowest BCUT2D eigenvalue weighted by atomic mass is 10.1. The van der Waals surface area contributed by atoms with Gasteiger partial charge in [-0.1, -0.05) is 17.7 Å². The number of esters is 1. The van der Waals surface area contributed by atoms with Crippen molar-refractivity contribution in [1.29, 1.82) is 0 Å². The third kappa shape index (κ3) is 5.35. The van der Waals surface area contributed by atoms with Gasteiger partial charge in [0.05, 0.1) is 28.4 Å². The van der Waals surface area contributed by atoms with Crippen molar-refractivity contribution in [2.45, 2.75) is 6.92 Å². The Labute approximate surface area is 192 Å². The van der Waals surface area contributed by atoms with Crippen molar-refractivity contribution in [3.8, 4) is 28.7 Å². The van der Waals surface area contributed by atoms with Gasteiger partial charge in [-0.05, 0) is 37.3 Å². The summed E-state index contributed by atoms with van der Waals surface area (Å²) in [6, 6.07) is 15.0. The minimum atomic E-state index is -0.692. The molecule has 0 radical (unpaired) electrons. The van der Waals surface area contributed by atoms with Gasteiger partial charge in [0.1, 0.15) is 11.3 Å². The van der Waals surface area contributed by atoms with Crippen LogP contribution >= 0.6 is 0 Å². The van der Waals surface area contributed by atoms with E-state index in [1.165, 1.54) is 52.7 Å². The van der Waals surface area contributed by atoms with Crippen LogP contribution < -0.4 is 29.0 Å². The molecular formula is C25H25NO7. The molecule has 0 bridgehead atoms. The van der Waals surface area contributed by atoms with E-state index in [0.29, 0.717) is 22.7 Å². The van der Waals surface area contributed by atoms with Crippen molar-refractivity contribution in [1.82, 2.24) is 0 Å². The fraction of sp³-hybridized carbons (Fsp3) is 0.200. The number of nitrogens with one attached hydrogen (secondary N) is 1. The lowest BCUT2D eigenvalue weighted by molar-refractivity contribution is 0.0725. The molecule has 0 aromatic heterocycles. The SMILES string of the molecule is COc1cc(OC)c(C(=O)Oc2ccc(C(=O)Nc3ccc(C)cc3)cc2OC)cc1OC. The second-order valence-corrected chi connectivity index (χ2v) is 6.98. The van der Waals surface area contributed by atoms with Crippen LogP contribution in [0.25, 0.3) is 0 Å². The Balaban J connectivity index is 1.83. The van der Waals surface area contributed by atoms with Crippen LogP contribution in [-0.4, -0.2) is 40.3 Å². The van der Waals surface area contributed by atoms with E-state index in [9.17, 15) is 9.59 Å². The van der Waals surface area contributed by atoms with Crippen LogP contribution in [0.15, 0.2) is 54.6 Å². The van der Waals surface area contributed by atoms with Gasteiger partial charge in [0, 0.05) is 23.4 Å². The summed E-state index contributed by atoms with van der Waals surface area (Å²) in [6.45, 7) is 1.97. The lowest BCUT2D eigenvalue weighted by Gasteiger charge is -2.15. The van der Waals surface area contributed by atoms with Gasteiger partial charge in [0.25, 0.3) is 5.91 Å². The van der Waals surface area contributed by atoms with Gasteiger partial charge in [0.15, 0.2) is 23.0 Å². The number of aryl methyl sites for hydroxylation is 1. The van der Waals surface area contributed by atoms with Crippen LogP contribution in [0.1, 0.15) is 26.3 Å². The first-order chi connectivity index (χ1) is 15.9. The predicted octanol–water partition coefficient (Wildman–Crippen LogP) is 4.50. The van der Waals surface area contributed by atoms with E-state index in [1.54, 1.807) is 6.07 Å². The molecule has 0 atom stereocenters. The van der Waals surface area contributed by atoms with Crippen LogP contribution in [-0.2, 0) is 0 Å². The summed E-state index contributed by atoms with van der Waals surface area (Å²) in [5.74, 6) is 0.364. The molecule has 8 nitrogen and oxygen atoms in total. The Hall–Kier alpha value is -4.20. The zero-order valence-corrected chi connectivity index (χ0v) is 19.1. The van der Waals surface area contributed by atoms with E-state index in [2.05, 4.69) is 5.32 Å². The number of carbonyl (C=O) groups is 2. The fourth-order valence-corrected chi connectivity index (χ4v) is 3.08. The fourth-order valence-electron chi connectivity index (χ4n) is 3.08. The summed E-state index contributed by atoms with van der Waals surface area (Å²) in [7, 11) is 5.80. The maximum atomic E-state index is 12.9. The van der Waals surface area contributed by atoms with Crippen LogP contribution in [0.4, 0.5) is 5.69 Å². The first kappa shape index (κ1) is 23.5. The van der Waals surface area contributed by atoms with E-state index < -0.39 is 5.97 Å². The van der Waals surface area contributed by atoms with Gasteiger partial charge in [-0.2, -0.15) is 0 Å². The highest BCUT2D eigenvalue weighted by Gasteiger charge is 2.21. The molecule has 0 spiro atoms. The molecule has 3 aromatic rings. The standard InChI is InChI=1S/C25H25NO7/c1-15-6-9-17(10-7-15)26-24(27)16-8-11-19(21(12-16)30-3)33-25(28)18-13-22(31-4)23(32-5)14-20(18)29-2/h6-14H,1-5H3,(H,26,27). The van der Waals surface area contributed by atoms with Crippen LogP contribution in [0.3, 0.4) is 0 Å². The number of hydrogen-bond acceptors (Lipinski definition) is 7. The van der Waals surface area contributed by atoms with E-state index in [1.807, 2.05) is 31.2 Å². The third-order valence-electron chi connectivity index (χ3n) is 4.86. The van der Waals surface area contributed by atoms with Gasteiger partial charge < -0.3 is 29.0 Å². The van der Waals surface area contributed by atoms with E-state index >= 15 is 0 Å². The van der Waals surface area contributed by atoms with Gasteiger partial charge in [-0.15, -0.1) is 0 Å². The maximum Gasteiger partial charge on any atom is 0.347 e. The number of hydrogen-bond donors (Lipinski definition) is 1. The Morgan fingerprint density at radius 1 is 0.667 bits per heavy atom. The van der Waals surface area contributed by atoms with Crippen LogP contribution in [0.2, 0.25) is 0 Å². The van der Waals surface area contributed by atoms with Gasteiger partial charge in [-0.25, -0.2) is 4.79 Å². The normalized spacial score (nSPS) is 10.2. The Morgan fingerprint density at radius 3 is 1.85 bits per heavy atom. The molecule has 0 saturated carbocycles. The highest BCUT2D eigenvalue weighted by Crippen LogP contribution is 2.36. The molecule has 1 amide bonds. The van der Waals surface area contributed by atoms with Crippen molar-refractivity contribution in [2.24, 2.45) is 0 Å². The minimum absolute atomic E-state index is 0.137. The number of carbonyl (C=O) groups excluding carboxylic acids is 2. The number of rotatable bonds is 8. The Kier molecular flexibility index (Phi) is 7.40. The smallest absolute Gasteiger partial charge is 0.347 e. The lowest BCUT2D eigenvalue weighted by Crippen LogP contribution is -2.14. The molecule has 0 aliphatic carbocycles. The van der Waals surface area contributed by atoms with Crippen molar-refractivity contribution in [3.63, 3.8) is 0 Å². The number of anilines is 1. The van der Waals surface area contributed by atoms with Gasteiger partial charge in [0.2, 0.25) is 0 Å². The Morgan fingerprint density at radius 2 is 1.24 bits per heavy atom. The molecule has 33 heavy (non-hydrogen) atoms. The summed E-state index contributed by atoms with van der Waals surface area (Å²) in [4.78, 5) is 25.5. The molecule has 0 heterocycles. The average molecular weight is 451 g/mol. The van der Waals surface area contributed by atoms with Crippen molar-refractivity contribution < 1.29 is 33.3 Å². The molecule has 3 aromatic carbocycles. The van der Waals surface area contributed by atoms with Crippen LogP contribution in [0.5, 0.6) is 28.7 Å². The molecule has 1 N–H and O–H groups in total. The highest BCUT2D eigenvalue weighted by atomic mass is 16.6. The van der Waals surface area contributed by atoms with Crippen molar-refractivity contribution in [2.75, 3.05) is 33.8 Å². The van der Waals surface area contributed by atoms with Gasteiger partial charge >= 0.3 is 5.97 Å². The summed E-state index contributed by atoms with van der Waals surface area (Å²) >= 11 is 0. The molecule has 0 saturated heterocycles. The molecule has 0 fully saturated rings. The van der Waals surface area contributed by atoms with E-state index in [4.69, 9.17) is 23.7 Å². The summed E-state index contributed by atoms with van der Waals surface area (Å²) in [5.41, 5.74) is 2.24. The molecule has 0 aliphatic rings. The molecule has 0 aliphatic heterocycles. The number of amides is 1. The van der Waals surface area contributed by atoms with E-state index in [-0.39, 0.29) is 28.7 Å². The monoisotopic (exact) mass is 451 g/mol. The molecule has 3 rings (SSSR count). The quantitative estimate of drug-likeness (QED) is 0.398. The van der Waals surface area contributed by atoms with Crippen molar-refractivity contribution >= 4 is 17.6 Å². The third-order valence-corrected chi connectivity index (χ3v) is 4.86. The molecule has 172 valence electrons. The largest absolute Gasteiger partial charge is 0.496 e. The average Bonchev–Trinajstić information content (AvgIpc) is 2.84. The van der Waals surface area contributed by atoms with Gasteiger partial charge in [-0.3, -0.25) is 4.79 Å². The van der Waals surface area contributed by atoms with Crippen LogP contribution in [0, 0.1) is 6.92 Å². The summed E-state index contributed by atoms with van der Waals surface area (Å²) < 4.78 is 26.7. The highest BCUT2D eigenvalue weighted by molar-refractivity contribution is 6.04. The molecular weight excluding hydrogens is 426 g/mol. The zero-order chi connectivity index (χ0) is 24.0. The summed E-state index contributed by atoms with van der Waals surface area (Å²) in [6.07, 6.45) is 0. The topological polar surface area (TPSA) is 92.3 Å². The zero-order valence-electron chi connectivity index (χ0n) is 19.1. The molecule has 8 heteroatoms. The Bertz CT molecular complexity index is 1160. The number of ether oxygens (including phenoxy) is 5. The second kappa shape index (κ2) is 10.4. The second-order valence-electron chi connectivity index (χ2n) is 6.98. The summed E-state index contributed by atoms with van der Waals surface area (Å²) in [5, 5.41) is 2.82. The molecule has 0 unspecified atom stereocenters. The predicted molar refractivity (Wildman–Crippen MR) is 123 cm³/mol.